The molecule has 16 heavy (non-hydrogen) atoms. The van der Waals surface area contributed by atoms with Crippen molar-refractivity contribution in [3.05, 3.63) is 35.9 Å². The summed E-state index contributed by atoms with van der Waals surface area (Å²) in [5.41, 5.74) is 0.812. The number of imide groups is 1. The average molecular weight is 221 g/mol. The van der Waals surface area contributed by atoms with Crippen LogP contribution in [-0.2, 0) is 4.79 Å². The van der Waals surface area contributed by atoms with Gasteiger partial charge in [-0.05, 0) is 12.5 Å². The molecule has 0 aliphatic carbocycles. The Morgan fingerprint density at radius 1 is 1.31 bits per heavy atom. The lowest BCUT2D eigenvalue weighted by molar-refractivity contribution is -0.130. The van der Waals surface area contributed by atoms with Gasteiger partial charge >= 0.3 is 6.09 Å². The lowest BCUT2D eigenvalue weighted by atomic mass is 10.1. The Labute approximate surface area is 94.5 Å². The quantitative estimate of drug-likeness (QED) is 0.853. The first kappa shape index (κ1) is 12.2. The van der Waals surface area contributed by atoms with Crippen molar-refractivity contribution in [1.82, 2.24) is 4.90 Å². The molecular formula is C12H15NO3. The third-order valence-corrected chi connectivity index (χ3v) is 2.45. The van der Waals surface area contributed by atoms with E-state index in [0.717, 1.165) is 10.5 Å². The van der Waals surface area contributed by atoms with Crippen LogP contribution in [0.25, 0.3) is 0 Å². The molecule has 0 unspecified atom stereocenters. The van der Waals surface area contributed by atoms with Gasteiger partial charge in [0.25, 0.3) is 0 Å². The molecule has 0 fully saturated rings. The van der Waals surface area contributed by atoms with Crippen molar-refractivity contribution in [3.63, 3.8) is 0 Å². The summed E-state index contributed by atoms with van der Waals surface area (Å²) in [6, 6.07) is 8.66. The van der Waals surface area contributed by atoms with Crippen molar-refractivity contribution in [3.8, 4) is 0 Å². The van der Waals surface area contributed by atoms with Crippen molar-refractivity contribution < 1.29 is 14.7 Å². The molecular weight excluding hydrogens is 206 g/mol. The molecule has 4 heteroatoms. The summed E-state index contributed by atoms with van der Waals surface area (Å²) in [6.07, 6.45) is -1.02. The second-order valence-electron chi connectivity index (χ2n) is 3.49. The van der Waals surface area contributed by atoms with Gasteiger partial charge < -0.3 is 5.11 Å². The van der Waals surface area contributed by atoms with Crippen molar-refractivity contribution in [2.24, 2.45) is 0 Å². The van der Waals surface area contributed by atoms with E-state index in [0.29, 0.717) is 0 Å². The zero-order valence-electron chi connectivity index (χ0n) is 9.38. The lowest BCUT2D eigenvalue weighted by Crippen LogP contribution is -2.37. The first-order valence-corrected chi connectivity index (χ1v) is 5.17. The Morgan fingerprint density at radius 3 is 2.31 bits per heavy atom. The van der Waals surface area contributed by atoms with Gasteiger partial charge in [0.05, 0.1) is 6.04 Å². The number of hydrogen-bond acceptors (Lipinski definition) is 2. The van der Waals surface area contributed by atoms with Crippen LogP contribution in [-0.4, -0.2) is 22.0 Å². The molecule has 0 aliphatic heterocycles. The largest absolute Gasteiger partial charge is 0.465 e. The SMILES string of the molecule is CCC(=O)N(C(=O)O)[C@@H](C)c1ccccc1. The zero-order chi connectivity index (χ0) is 12.1. The molecule has 0 radical (unpaired) electrons. The van der Waals surface area contributed by atoms with Gasteiger partial charge in [0.1, 0.15) is 0 Å². The van der Waals surface area contributed by atoms with Gasteiger partial charge in [-0.25, -0.2) is 9.69 Å². The number of carboxylic acid groups (broad SMARTS) is 1. The van der Waals surface area contributed by atoms with Gasteiger partial charge in [-0.2, -0.15) is 0 Å². The summed E-state index contributed by atoms with van der Waals surface area (Å²) < 4.78 is 0. The van der Waals surface area contributed by atoms with Crippen LogP contribution in [0.15, 0.2) is 30.3 Å². The van der Waals surface area contributed by atoms with E-state index in [1.54, 1.807) is 13.8 Å². The molecule has 86 valence electrons. The number of amides is 2. The number of nitrogens with zero attached hydrogens (tertiary/aromatic N) is 1. The topological polar surface area (TPSA) is 57.6 Å². The molecule has 1 N–H and O–H groups in total. The Balaban J connectivity index is 2.96. The molecule has 1 aromatic carbocycles. The molecule has 0 aliphatic rings. The summed E-state index contributed by atoms with van der Waals surface area (Å²) in [5.74, 6) is -0.385. The van der Waals surface area contributed by atoms with E-state index in [1.807, 2.05) is 30.3 Å². The second-order valence-corrected chi connectivity index (χ2v) is 3.49. The number of carbonyl (C=O) groups excluding carboxylic acids is 1. The van der Waals surface area contributed by atoms with Crippen LogP contribution >= 0.6 is 0 Å². The van der Waals surface area contributed by atoms with E-state index in [9.17, 15) is 9.59 Å². The van der Waals surface area contributed by atoms with Gasteiger partial charge in [0.15, 0.2) is 0 Å². The van der Waals surface area contributed by atoms with Crippen molar-refractivity contribution in [1.29, 1.82) is 0 Å². The fourth-order valence-corrected chi connectivity index (χ4v) is 1.54. The Bertz CT molecular complexity index is 375. The zero-order valence-corrected chi connectivity index (χ0v) is 9.38. The summed E-state index contributed by atoms with van der Waals surface area (Å²) in [5, 5.41) is 9.01. The minimum atomic E-state index is -1.21. The molecule has 2 amide bonds. The Hall–Kier alpha value is -1.84. The first-order chi connectivity index (χ1) is 7.57. The van der Waals surface area contributed by atoms with E-state index in [2.05, 4.69) is 0 Å². The van der Waals surface area contributed by atoms with Crippen LogP contribution in [0, 0.1) is 0 Å². The van der Waals surface area contributed by atoms with Crippen LogP contribution < -0.4 is 0 Å². The van der Waals surface area contributed by atoms with Gasteiger partial charge in [0, 0.05) is 6.42 Å². The fraction of sp³-hybridized carbons (Fsp3) is 0.333. The number of hydrogen-bond donors (Lipinski definition) is 1. The van der Waals surface area contributed by atoms with Gasteiger partial charge in [-0.15, -0.1) is 0 Å². The third-order valence-electron chi connectivity index (χ3n) is 2.45. The summed E-state index contributed by atoms with van der Waals surface area (Å²) >= 11 is 0. The minimum absolute atomic E-state index is 0.184. The van der Waals surface area contributed by atoms with E-state index in [4.69, 9.17) is 5.11 Å². The maximum atomic E-state index is 11.5. The monoisotopic (exact) mass is 221 g/mol. The van der Waals surface area contributed by atoms with Crippen LogP contribution in [0.2, 0.25) is 0 Å². The number of carbonyl (C=O) groups is 2. The molecule has 0 heterocycles. The molecule has 1 aromatic rings. The van der Waals surface area contributed by atoms with Crippen LogP contribution in [0.1, 0.15) is 31.9 Å². The molecule has 4 nitrogen and oxygen atoms in total. The van der Waals surface area contributed by atoms with E-state index in [1.165, 1.54) is 0 Å². The van der Waals surface area contributed by atoms with Crippen LogP contribution in [0.4, 0.5) is 4.79 Å². The lowest BCUT2D eigenvalue weighted by Gasteiger charge is -2.24. The Kier molecular flexibility index (Phi) is 4.05. The molecule has 1 rings (SSSR count). The minimum Gasteiger partial charge on any atom is -0.465 e. The first-order valence-electron chi connectivity index (χ1n) is 5.17. The van der Waals surface area contributed by atoms with Crippen molar-refractivity contribution in [2.45, 2.75) is 26.3 Å². The predicted octanol–water partition coefficient (Wildman–Crippen LogP) is 2.66. The smallest absolute Gasteiger partial charge is 0.414 e. The van der Waals surface area contributed by atoms with E-state index >= 15 is 0 Å². The average Bonchev–Trinajstić information content (AvgIpc) is 2.29. The van der Waals surface area contributed by atoms with Crippen molar-refractivity contribution >= 4 is 12.0 Å². The number of rotatable bonds is 3. The molecule has 0 saturated carbocycles. The Morgan fingerprint density at radius 2 is 1.88 bits per heavy atom. The highest BCUT2D eigenvalue weighted by Crippen LogP contribution is 2.20. The van der Waals surface area contributed by atoms with Gasteiger partial charge in [0.2, 0.25) is 5.91 Å². The molecule has 1 atom stereocenters. The molecule has 0 bridgehead atoms. The fourth-order valence-electron chi connectivity index (χ4n) is 1.54. The maximum absolute atomic E-state index is 11.5. The highest BCUT2D eigenvalue weighted by molar-refractivity contribution is 5.91. The van der Waals surface area contributed by atoms with Gasteiger partial charge in [-0.1, -0.05) is 37.3 Å². The third kappa shape index (κ3) is 2.59. The highest BCUT2D eigenvalue weighted by atomic mass is 16.4. The van der Waals surface area contributed by atoms with E-state index in [-0.39, 0.29) is 12.3 Å². The normalized spacial score (nSPS) is 11.9. The van der Waals surface area contributed by atoms with Crippen LogP contribution in [0.3, 0.4) is 0 Å². The highest BCUT2D eigenvalue weighted by Gasteiger charge is 2.25. The summed E-state index contributed by atoms with van der Waals surface area (Å²) in [7, 11) is 0. The molecule has 0 aromatic heterocycles. The summed E-state index contributed by atoms with van der Waals surface area (Å²) in [4.78, 5) is 23.4. The maximum Gasteiger partial charge on any atom is 0.414 e. The van der Waals surface area contributed by atoms with Crippen LogP contribution in [0.5, 0.6) is 0 Å². The standard InChI is InChI=1S/C12H15NO3/c1-3-11(14)13(12(15)16)9(2)10-7-5-4-6-8-10/h4-9H,3H2,1-2H3,(H,15,16)/t9-/m0/s1. The van der Waals surface area contributed by atoms with Crippen molar-refractivity contribution in [2.75, 3.05) is 0 Å². The predicted molar refractivity (Wildman–Crippen MR) is 60.0 cm³/mol. The number of benzene rings is 1. The van der Waals surface area contributed by atoms with Gasteiger partial charge in [-0.3, -0.25) is 4.79 Å². The molecule has 0 saturated heterocycles. The summed E-state index contributed by atoms with van der Waals surface area (Å²) in [6.45, 7) is 3.35. The molecule has 0 spiro atoms. The second kappa shape index (κ2) is 5.30. The van der Waals surface area contributed by atoms with E-state index < -0.39 is 12.1 Å².